The van der Waals surface area contributed by atoms with Gasteiger partial charge in [-0.25, -0.2) is 12.8 Å². The first-order valence-electron chi connectivity index (χ1n) is 5.50. The lowest BCUT2D eigenvalue weighted by molar-refractivity contribution is -0.134. The van der Waals surface area contributed by atoms with E-state index in [-0.39, 0.29) is 17.7 Å². The third kappa shape index (κ3) is 3.15. The van der Waals surface area contributed by atoms with Gasteiger partial charge in [-0.15, -0.1) is 0 Å². The van der Waals surface area contributed by atoms with Crippen LogP contribution in [0.15, 0.2) is 29.2 Å². The molecule has 2 rings (SSSR count). The normalized spacial score (nSPS) is 20.2. The van der Waals surface area contributed by atoms with Gasteiger partial charge in [-0.2, -0.15) is 4.72 Å². The Morgan fingerprint density at radius 2 is 2.05 bits per heavy atom. The van der Waals surface area contributed by atoms with Crippen molar-refractivity contribution < 1.29 is 22.4 Å². The number of nitrogens with one attached hydrogen (secondary N) is 2. The minimum absolute atomic E-state index is 0.0576. The van der Waals surface area contributed by atoms with Gasteiger partial charge in [0.05, 0.1) is 4.90 Å². The molecule has 1 heterocycles. The second-order valence-corrected chi connectivity index (χ2v) is 5.80. The minimum atomic E-state index is -3.99. The molecule has 1 aromatic carbocycles. The fraction of sp³-hybridized carbons (Fsp3) is 0.273. The van der Waals surface area contributed by atoms with Gasteiger partial charge in [0, 0.05) is 6.42 Å². The van der Waals surface area contributed by atoms with Gasteiger partial charge in [-0.05, 0) is 24.6 Å². The molecular weight excluding hydrogens is 275 g/mol. The maximum atomic E-state index is 13.0. The van der Waals surface area contributed by atoms with E-state index in [1.807, 2.05) is 5.32 Å². The number of hydrogen-bond acceptors (Lipinski definition) is 4. The maximum absolute atomic E-state index is 13.0. The van der Waals surface area contributed by atoms with Gasteiger partial charge in [-0.3, -0.25) is 14.9 Å². The summed E-state index contributed by atoms with van der Waals surface area (Å²) in [6.45, 7) is 0. The molecule has 6 nitrogen and oxygen atoms in total. The summed E-state index contributed by atoms with van der Waals surface area (Å²) in [5.74, 6) is -1.83. The molecule has 1 aliphatic heterocycles. The Morgan fingerprint density at radius 1 is 1.32 bits per heavy atom. The molecule has 1 saturated heterocycles. The summed E-state index contributed by atoms with van der Waals surface area (Å²) in [7, 11) is -3.99. The third-order valence-corrected chi connectivity index (χ3v) is 4.11. The molecular formula is C11H11FN2O4S. The molecule has 1 aromatic rings. The number of benzene rings is 1. The third-order valence-electron chi connectivity index (χ3n) is 2.64. The second-order valence-electron chi connectivity index (χ2n) is 4.08. The van der Waals surface area contributed by atoms with Crippen LogP contribution in [0.4, 0.5) is 4.39 Å². The number of carbonyl (C=O) groups is 2. The summed E-state index contributed by atoms with van der Waals surface area (Å²) in [6.07, 6.45) is 0.140. The molecule has 1 atom stereocenters. The molecule has 2 amide bonds. The number of carbonyl (C=O) groups excluding carboxylic acids is 2. The second kappa shape index (κ2) is 5.06. The Labute approximate surface area is 109 Å². The van der Waals surface area contributed by atoms with E-state index in [0.29, 0.717) is 0 Å². The molecule has 0 spiro atoms. The van der Waals surface area contributed by atoms with Crippen molar-refractivity contribution in [1.29, 1.82) is 0 Å². The van der Waals surface area contributed by atoms with Gasteiger partial charge in [0.1, 0.15) is 11.9 Å². The van der Waals surface area contributed by atoms with E-state index in [2.05, 4.69) is 4.72 Å². The topological polar surface area (TPSA) is 92.3 Å². The van der Waals surface area contributed by atoms with Gasteiger partial charge in [0.2, 0.25) is 21.8 Å². The highest BCUT2D eigenvalue weighted by molar-refractivity contribution is 7.89. The maximum Gasteiger partial charge on any atom is 0.244 e. The number of amides is 2. The van der Waals surface area contributed by atoms with Crippen molar-refractivity contribution in [2.45, 2.75) is 23.8 Å². The van der Waals surface area contributed by atoms with E-state index in [4.69, 9.17) is 0 Å². The number of imide groups is 1. The standard InChI is InChI=1S/C11H11FN2O4S/c12-7-2-1-3-8(6-7)19(17,18)14-9-4-5-10(15)13-11(9)16/h1-3,6,9,14H,4-5H2,(H,13,15,16). The first kappa shape index (κ1) is 13.6. The van der Waals surface area contributed by atoms with Gasteiger partial charge in [-0.1, -0.05) is 6.07 Å². The highest BCUT2D eigenvalue weighted by Crippen LogP contribution is 2.13. The molecule has 1 fully saturated rings. The van der Waals surface area contributed by atoms with Crippen molar-refractivity contribution in [2.24, 2.45) is 0 Å². The van der Waals surface area contributed by atoms with E-state index >= 15 is 0 Å². The fourth-order valence-corrected chi connectivity index (χ4v) is 2.96. The molecule has 2 N–H and O–H groups in total. The average molecular weight is 286 g/mol. The zero-order valence-corrected chi connectivity index (χ0v) is 10.5. The van der Waals surface area contributed by atoms with Crippen molar-refractivity contribution in [3.63, 3.8) is 0 Å². The van der Waals surface area contributed by atoms with Crippen LogP contribution in [0.5, 0.6) is 0 Å². The molecule has 0 aliphatic carbocycles. The van der Waals surface area contributed by atoms with Crippen LogP contribution >= 0.6 is 0 Å². The predicted octanol–water partition coefficient (Wildman–Crippen LogP) is -0.0908. The number of halogens is 1. The summed E-state index contributed by atoms with van der Waals surface area (Å²) in [5, 5.41) is 2.04. The number of piperidine rings is 1. The van der Waals surface area contributed by atoms with E-state index < -0.39 is 33.7 Å². The molecule has 102 valence electrons. The highest BCUT2D eigenvalue weighted by Gasteiger charge is 2.30. The van der Waals surface area contributed by atoms with Crippen molar-refractivity contribution >= 4 is 21.8 Å². The van der Waals surface area contributed by atoms with Crippen molar-refractivity contribution in [3.05, 3.63) is 30.1 Å². The van der Waals surface area contributed by atoms with E-state index in [1.165, 1.54) is 12.1 Å². The summed E-state index contributed by atoms with van der Waals surface area (Å²) >= 11 is 0. The lowest BCUT2D eigenvalue weighted by Gasteiger charge is -2.21. The molecule has 0 saturated carbocycles. The van der Waals surface area contributed by atoms with Gasteiger partial charge in [0.15, 0.2) is 0 Å². The molecule has 1 aliphatic rings. The largest absolute Gasteiger partial charge is 0.295 e. The summed E-state index contributed by atoms with van der Waals surface area (Å²) in [4.78, 5) is 22.1. The minimum Gasteiger partial charge on any atom is -0.295 e. The Morgan fingerprint density at radius 3 is 2.68 bits per heavy atom. The zero-order valence-electron chi connectivity index (χ0n) is 9.72. The van der Waals surface area contributed by atoms with Crippen LogP contribution < -0.4 is 10.0 Å². The smallest absolute Gasteiger partial charge is 0.244 e. The number of rotatable bonds is 3. The Bertz CT molecular complexity index is 629. The van der Waals surface area contributed by atoms with Crippen LogP contribution in [0, 0.1) is 5.82 Å². The van der Waals surface area contributed by atoms with Gasteiger partial charge in [0.25, 0.3) is 0 Å². The molecule has 19 heavy (non-hydrogen) atoms. The van der Waals surface area contributed by atoms with Crippen LogP contribution in [-0.2, 0) is 19.6 Å². The molecule has 8 heteroatoms. The van der Waals surface area contributed by atoms with Crippen molar-refractivity contribution in [2.75, 3.05) is 0 Å². The Kier molecular flexibility index (Phi) is 3.63. The first-order valence-corrected chi connectivity index (χ1v) is 6.98. The molecule has 0 bridgehead atoms. The van der Waals surface area contributed by atoms with Gasteiger partial charge < -0.3 is 0 Å². The molecule has 0 aromatic heterocycles. The highest BCUT2D eigenvalue weighted by atomic mass is 32.2. The fourth-order valence-electron chi connectivity index (χ4n) is 1.70. The van der Waals surface area contributed by atoms with Crippen molar-refractivity contribution in [3.8, 4) is 0 Å². The van der Waals surface area contributed by atoms with Crippen LogP contribution in [0.2, 0.25) is 0 Å². The van der Waals surface area contributed by atoms with Crippen LogP contribution in [-0.4, -0.2) is 26.3 Å². The molecule has 1 unspecified atom stereocenters. The van der Waals surface area contributed by atoms with E-state index in [9.17, 15) is 22.4 Å². The lowest BCUT2D eigenvalue weighted by Crippen LogP contribution is -2.52. The summed E-state index contributed by atoms with van der Waals surface area (Å²) < 4.78 is 39.0. The number of sulfonamides is 1. The summed E-state index contributed by atoms with van der Waals surface area (Å²) in [6, 6.07) is 3.43. The van der Waals surface area contributed by atoms with Gasteiger partial charge >= 0.3 is 0 Å². The Balaban J connectivity index is 2.18. The Hall–Kier alpha value is -1.80. The van der Waals surface area contributed by atoms with Crippen molar-refractivity contribution in [1.82, 2.24) is 10.0 Å². The monoisotopic (exact) mass is 286 g/mol. The van der Waals surface area contributed by atoms with Crippen LogP contribution in [0.3, 0.4) is 0 Å². The average Bonchev–Trinajstić information content (AvgIpc) is 2.33. The summed E-state index contributed by atoms with van der Waals surface area (Å²) in [5.41, 5.74) is 0. The zero-order chi connectivity index (χ0) is 14.0. The number of hydrogen-bond donors (Lipinski definition) is 2. The van der Waals surface area contributed by atoms with Crippen LogP contribution in [0.1, 0.15) is 12.8 Å². The first-order chi connectivity index (χ1) is 8.88. The van der Waals surface area contributed by atoms with E-state index in [1.54, 1.807) is 0 Å². The predicted molar refractivity (Wildman–Crippen MR) is 62.9 cm³/mol. The van der Waals surface area contributed by atoms with Crippen LogP contribution in [0.25, 0.3) is 0 Å². The lowest BCUT2D eigenvalue weighted by atomic mass is 10.1. The van der Waals surface area contributed by atoms with E-state index in [0.717, 1.165) is 12.1 Å². The quantitative estimate of drug-likeness (QED) is 0.759. The SMILES string of the molecule is O=C1CCC(NS(=O)(=O)c2cccc(F)c2)C(=O)N1. The molecule has 0 radical (unpaired) electrons.